The third-order valence-electron chi connectivity index (χ3n) is 5.98. The van der Waals surface area contributed by atoms with Crippen LogP contribution in [-0.4, -0.2) is 137 Å². The highest BCUT2D eigenvalue weighted by molar-refractivity contribution is 5.81. The molecule has 5 N–H and O–H groups in total. The van der Waals surface area contributed by atoms with Crippen LogP contribution in [0.15, 0.2) is 0 Å². The topological polar surface area (TPSA) is 160 Å². The highest BCUT2D eigenvalue weighted by atomic mass is 16.4. The number of fused-ring (bicyclic) bond motifs is 1. The summed E-state index contributed by atoms with van der Waals surface area (Å²) in [6.07, 6.45) is 0.664. The molecule has 3 aliphatic rings. The summed E-state index contributed by atoms with van der Waals surface area (Å²) in [6, 6.07) is -0.0911. The molecule has 0 aromatic rings. The minimum atomic E-state index is -0.950. The SMILES string of the molecule is NC(=O)CN1CCN(CC(=O)O)CCN2CC(=O)NC3(CC3N(CC(=O)O)CC1)C2. The van der Waals surface area contributed by atoms with E-state index < -0.39 is 23.4 Å². The summed E-state index contributed by atoms with van der Waals surface area (Å²) in [5.41, 5.74) is 4.88. The fourth-order valence-corrected chi connectivity index (χ4v) is 4.55. The van der Waals surface area contributed by atoms with Gasteiger partial charge in [-0.15, -0.1) is 0 Å². The molecule has 0 radical (unpaired) electrons. The van der Waals surface area contributed by atoms with E-state index in [1.54, 1.807) is 4.90 Å². The third-order valence-corrected chi connectivity index (χ3v) is 5.98. The molecule has 3 rings (SSSR count). The zero-order valence-electron chi connectivity index (χ0n) is 17.0. The number of amides is 2. The number of aliphatic carboxylic acids is 2. The van der Waals surface area contributed by atoms with Crippen LogP contribution in [0, 0.1) is 0 Å². The lowest BCUT2D eigenvalue weighted by Gasteiger charge is -2.36. The summed E-state index contributed by atoms with van der Waals surface area (Å²) in [5, 5.41) is 21.6. The van der Waals surface area contributed by atoms with Gasteiger partial charge in [-0.1, -0.05) is 0 Å². The molecule has 3 unspecified atom stereocenters. The second kappa shape index (κ2) is 9.25. The number of piperazine rings is 1. The molecule has 168 valence electrons. The zero-order chi connectivity index (χ0) is 21.9. The molecule has 2 saturated heterocycles. The van der Waals surface area contributed by atoms with Crippen molar-refractivity contribution in [1.29, 1.82) is 0 Å². The molecule has 1 saturated carbocycles. The van der Waals surface area contributed by atoms with Crippen LogP contribution in [-0.2, 0) is 19.2 Å². The van der Waals surface area contributed by atoms with Crippen molar-refractivity contribution in [2.24, 2.45) is 5.73 Å². The molecule has 1 spiro atoms. The van der Waals surface area contributed by atoms with Crippen LogP contribution in [0.25, 0.3) is 0 Å². The van der Waals surface area contributed by atoms with Gasteiger partial charge in [-0.05, 0) is 6.42 Å². The molecular formula is C18H30N6O6. The van der Waals surface area contributed by atoms with E-state index in [9.17, 15) is 29.4 Å². The first kappa shape index (κ1) is 22.4. The van der Waals surface area contributed by atoms with Gasteiger partial charge >= 0.3 is 11.9 Å². The molecular weight excluding hydrogens is 396 g/mol. The van der Waals surface area contributed by atoms with Crippen molar-refractivity contribution < 1.29 is 29.4 Å². The maximum Gasteiger partial charge on any atom is 0.317 e. The van der Waals surface area contributed by atoms with Crippen molar-refractivity contribution in [3.63, 3.8) is 0 Å². The van der Waals surface area contributed by atoms with Gasteiger partial charge in [0.15, 0.2) is 0 Å². The molecule has 0 aromatic carbocycles. The van der Waals surface area contributed by atoms with Gasteiger partial charge < -0.3 is 21.3 Å². The Bertz CT molecular complexity index is 705. The van der Waals surface area contributed by atoms with Gasteiger partial charge in [-0.25, -0.2) is 0 Å². The van der Waals surface area contributed by atoms with Gasteiger partial charge in [0.25, 0.3) is 0 Å². The monoisotopic (exact) mass is 426 g/mol. The first-order valence-corrected chi connectivity index (χ1v) is 10.1. The van der Waals surface area contributed by atoms with Crippen molar-refractivity contribution in [3.8, 4) is 0 Å². The first-order valence-electron chi connectivity index (χ1n) is 10.1. The number of nitrogens with two attached hydrogens (primary N) is 1. The smallest absolute Gasteiger partial charge is 0.317 e. The Hall–Kier alpha value is -2.28. The van der Waals surface area contributed by atoms with Gasteiger partial charge in [-0.2, -0.15) is 0 Å². The van der Waals surface area contributed by atoms with Crippen LogP contribution in [0.3, 0.4) is 0 Å². The molecule has 3 atom stereocenters. The normalized spacial score (nSPS) is 31.4. The number of hydrogen-bond donors (Lipinski definition) is 4. The lowest BCUT2D eigenvalue weighted by atomic mass is 10.1. The Morgan fingerprint density at radius 1 is 0.967 bits per heavy atom. The molecule has 12 heteroatoms. The Morgan fingerprint density at radius 2 is 1.57 bits per heavy atom. The second-order valence-corrected chi connectivity index (χ2v) is 8.41. The predicted octanol–water partition coefficient (Wildman–Crippen LogP) is -3.50. The minimum Gasteiger partial charge on any atom is -0.480 e. The van der Waals surface area contributed by atoms with E-state index >= 15 is 0 Å². The number of primary amides is 1. The second-order valence-electron chi connectivity index (χ2n) is 8.41. The van der Waals surface area contributed by atoms with Gasteiger partial charge in [0.05, 0.1) is 31.7 Å². The maximum absolute atomic E-state index is 12.3. The van der Waals surface area contributed by atoms with E-state index in [-0.39, 0.29) is 38.1 Å². The highest BCUT2D eigenvalue weighted by Crippen LogP contribution is 2.42. The summed E-state index contributed by atoms with van der Waals surface area (Å²) < 4.78 is 0. The first-order chi connectivity index (χ1) is 14.2. The average molecular weight is 426 g/mol. The molecule has 0 aromatic heterocycles. The molecule has 2 aliphatic heterocycles. The summed E-state index contributed by atoms with van der Waals surface area (Å²) in [6.45, 7) is 3.25. The number of carboxylic acids is 2. The summed E-state index contributed by atoms with van der Waals surface area (Å²) in [4.78, 5) is 53.9. The predicted molar refractivity (Wildman–Crippen MR) is 105 cm³/mol. The van der Waals surface area contributed by atoms with E-state index in [1.807, 2.05) is 14.7 Å². The maximum atomic E-state index is 12.3. The van der Waals surface area contributed by atoms with Crippen molar-refractivity contribution in [2.75, 3.05) is 72.0 Å². The lowest BCUT2D eigenvalue weighted by molar-refractivity contribution is -0.139. The quantitative estimate of drug-likeness (QED) is 0.336. The Labute approximate surface area is 174 Å². The van der Waals surface area contributed by atoms with E-state index in [0.29, 0.717) is 52.2 Å². The molecule has 1 aliphatic carbocycles. The zero-order valence-corrected chi connectivity index (χ0v) is 17.0. The largest absolute Gasteiger partial charge is 0.480 e. The number of carbonyl (C=O) groups excluding carboxylic acids is 2. The van der Waals surface area contributed by atoms with Crippen LogP contribution >= 0.6 is 0 Å². The highest BCUT2D eigenvalue weighted by Gasteiger charge is 2.60. The Morgan fingerprint density at radius 3 is 2.20 bits per heavy atom. The number of hydrogen-bond acceptors (Lipinski definition) is 8. The molecule has 3 fully saturated rings. The third kappa shape index (κ3) is 5.88. The standard InChI is InChI=1S/C18H30N6O6/c19-14(25)8-21-1-2-22(10-16(27)28)3-4-23-9-15(26)20-18(12-23)7-13(18)24(6-5-21)11-17(29)30/h13H,1-12H2,(H2,19,25)(H,20,26)(H,27,28)(H,29,30). The van der Waals surface area contributed by atoms with Gasteiger partial charge in [0.1, 0.15) is 0 Å². The molecule has 2 amide bonds. The van der Waals surface area contributed by atoms with Crippen molar-refractivity contribution >= 4 is 23.8 Å². The lowest BCUT2D eigenvalue weighted by Crippen LogP contribution is -2.60. The van der Waals surface area contributed by atoms with Crippen molar-refractivity contribution in [1.82, 2.24) is 24.9 Å². The summed E-state index contributed by atoms with van der Waals surface area (Å²) in [7, 11) is 0. The number of carboxylic acid groups (broad SMARTS) is 2. The molecule has 30 heavy (non-hydrogen) atoms. The van der Waals surface area contributed by atoms with Crippen LogP contribution in [0.1, 0.15) is 6.42 Å². The van der Waals surface area contributed by atoms with Crippen LogP contribution in [0.5, 0.6) is 0 Å². The van der Waals surface area contributed by atoms with Crippen molar-refractivity contribution in [3.05, 3.63) is 0 Å². The Balaban J connectivity index is 1.80. The van der Waals surface area contributed by atoms with Crippen molar-refractivity contribution in [2.45, 2.75) is 18.0 Å². The van der Waals surface area contributed by atoms with E-state index in [4.69, 9.17) is 5.73 Å². The fraction of sp³-hybridized carbons (Fsp3) is 0.778. The number of nitrogens with zero attached hydrogens (tertiary/aromatic N) is 4. The van der Waals surface area contributed by atoms with Gasteiger partial charge in [0, 0.05) is 51.9 Å². The van der Waals surface area contributed by atoms with Gasteiger partial charge in [0.2, 0.25) is 11.8 Å². The Kier molecular flexibility index (Phi) is 6.91. The average Bonchev–Trinajstić information content (AvgIpc) is 3.29. The summed E-state index contributed by atoms with van der Waals surface area (Å²) >= 11 is 0. The molecule has 2 bridgehead atoms. The number of rotatable bonds is 6. The number of nitrogens with one attached hydrogen (secondary N) is 1. The number of carbonyl (C=O) groups is 4. The van der Waals surface area contributed by atoms with Crippen LogP contribution < -0.4 is 11.1 Å². The molecule has 12 nitrogen and oxygen atoms in total. The van der Waals surface area contributed by atoms with E-state index in [0.717, 1.165) is 0 Å². The van der Waals surface area contributed by atoms with Crippen LogP contribution in [0.4, 0.5) is 0 Å². The van der Waals surface area contributed by atoms with E-state index in [1.165, 1.54) is 0 Å². The fourth-order valence-electron chi connectivity index (χ4n) is 4.55. The minimum absolute atomic E-state index is 0.0144. The molecule has 2 heterocycles. The van der Waals surface area contributed by atoms with E-state index in [2.05, 4.69) is 5.32 Å². The summed E-state index contributed by atoms with van der Waals surface area (Å²) in [5.74, 6) is -2.49. The van der Waals surface area contributed by atoms with Crippen LogP contribution in [0.2, 0.25) is 0 Å². The van der Waals surface area contributed by atoms with Gasteiger partial charge in [-0.3, -0.25) is 38.8 Å².